The minimum absolute atomic E-state index is 0.0348. The highest BCUT2D eigenvalue weighted by molar-refractivity contribution is 5.77. The van der Waals surface area contributed by atoms with Crippen LogP contribution < -0.4 is 5.32 Å². The minimum Gasteiger partial charge on any atom is -0.462 e. The van der Waals surface area contributed by atoms with E-state index in [-0.39, 0.29) is 24.9 Å². The predicted octanol–water partition coefficient (Wildman–Crippen LogP) is 16.1. The maximum Gasteiger partial charge on any atom is 0.306 e. The average molecular weight is 890 g/mol. The smallest absolute Gasteiger partial charge is 0.306 e. The quantitative estimate of drug-likeness (QED) is 0.0321. The minimum atomic E-state index is -0.809. The molecule has 0 aromatic rings. The first-order valence-corrected chi connectivity index (χ1v) is 26.5. The Morgan fingerprint density at radius 3 is 1.31 bits per heavy atom. The Bertz CT molecular complexity index is 1270. The van der Waals surface area contributed by atoms with Crippen molar-refractivity contribution in [3.63, 3.8) is 0 Å². The number of esters is 1. The number of nitrogens with one attached hydrogen (secondary N) is 1. The van der Waals surface area contributed by atoms with Crippen molar-refractivity contribution in [3.8, 4) is 0 Å². The molecule has 3 atom stereocenters. The van der Waals surface area contributed by atoms with Gasteiger partial charge < -0.3 is 20.3 Å². The number of hydrogen-bond donors (Lipinski definition) is 3. The van der Waals surface area contributed by atoms with Crippen molar-refractivity contribution < 1.29 is 24.5 Å². The third kappa shape index (κ3) is 45.4. The number of rotatable bonds is 46. The topological polar surface area (TPSA) is 95.9 Å². The zero-order valence-corrected chi connectivity index (χ0v) is 41.6. The molecule has 366 valence electrons. The van der Waals surface area contributed by atoms with E-state index in [1.54, 1.807) is 0 Å². The fourth-order valence-corrected chi connectivity index (χ4v) is 7.41. The molecule has 0 fully saturated rings. The molecule has 0 radical (unpaired) electrons. The normalized spacial score (nSPS) is 14.0. The average Bonchev–Trinajstić information content (AvgIpc) is 3.29. The molecule has 0 saturated carbocycles. The van der Waals surface area contributed by atoms with Gasteiger partial charge in [0.1, 0.15) is 6.10 Å². The molecule has 6 heteroatoms. The molecule has 0 bridgehead atoms. The summed E-state index contributed by atoms with van der Waals surface area (Å²) >= 11 is 0. The summed E-state index contributed by atoms with van der Waals surface area (Å²) in [6.07, 6.45) is 67.5. The van der Waals surface area contributed by atoms with Crippen LogP contribution in [0.25, 0.3) is 0 Å². The van der Waals surface area contributed by atoms with Gasteiger partial charge in [-0.15, -0.1) is 0 Å². The molecular weight excluding hydrogens is 791 g/mol. The van der Waals surface area contributed by atoms with Gasteiger partial charge in [0.15, 0.2) is 0 Å². The van der Waals surface area contributed by atoms with E-state index in [2.05, 4.69) is 123 Å². The zero-order chi connectivity index (χ0) is 46.7. The maximum atomic E-state index is 13.2. The summed E-state index contributed by atoms with van der Waals surface area (Å²) in [6, 6.07) is -0.726. The Kier molecular flexibility index (Phi) is 48.2. The van der Waals surface area contributed by atoms with E-state index in [4.69, 9.17) is 4.74 Å². The number of carbonyl (C=O) groups excluding carboxylic acids is 2. The maximum absolute atomic E-state index is 13.2. The van der Waals surface area contributed by atoms with Crippen LogP contribution in [-0.4, -0.2) is 46.9 Å². The lowest BCUT2D eigenvalue weighted by molar-refractivity contribution is -0.151. The Balaban J connectivity index is 4.75. The largest absolute Gasteiger partial charge is 0.462 e. The molecule has 0 aliphatic rings. The molecule has 0 spiro atoms. The van der Waals surface area contributed by atoms with Crippen LogP contribution in [0.1, 0.15) is 233 Å². The van der Waals surface area contributed by atoms with Crippen LogP contribution in [0.4, 0.5) is 0 Å². The fraction of sp³-hybridized carbons (Fsp3) is 0.690. The standard InChI is InChI=1S/C58H99NO5/c1-4-7-10-13-16-19-22-24-26-28-30-32-35-37-40-43-46-49-54(52-57(62)59-55(53-60)56(61)50-47-44-41-38-34-21-18-15-12-9-6-3)64-58(63)51-48-45-42-39-36-33-31-29-27-25-23-20-17-14-11-8-5-2/h8,11,16-17,19-20,24-27,30-33,39,42,54-56,60-61H,4-7,9-10,12-15,18,21-23,28-29,34-38,40-41,43-53H2,1-3H3,(H,59,62)/b11-8-,19-16-,20-17-,26-24-,27-25-,32-30-,33-31-,42-39-. The number of aliphatic hydroxyl groups is 2. The zero-order valence-electron chi connectivity index (χ0n) is 41.6. The number of amides is 1. The molecule has 0 aliphatic carbocycles. The van der Waals surface area contributed by atoms with Crippen LogP contribution in [0.3, 0.4) is 0 Å². The third-order valence-electron chi connectivity index (χ3n) is 11.4. The summed E-state index contributed by atoms with van der Waals surface area (Å²) in [5.74, 6) is -0.571. The highest BCUT2D eigenvalue weighted by atomic mass is 16.5. The highest BCUT2D eigenvalue weighted by Gasteiger charge is 2.24. The summed E-state index contributed by atoms with van der Waals surface area (Å²) in [7, 11) is 0. The molecule has 0 aliphatic heterocycles. The second-order valence-electron chi connectivity index (χ2n) is 17.5. The SMILES string of the molecule is CC/C=C\C/C=C\C/C=C\C/C=C\C/C=C\CCCC(=O)OC(CCCCCC/C=C\C/C=C\C/C=C\CCCCC)CC(=O)NC(CO)C(O)CCCCCCCCCCCCC. The second-order valence-corrected chi connectivity index (χ2v) is 17.5. The molecule has 0 heterocycles. The summed E-state index contributed by atoms with van der Waals surface area (Å²) in [5.41, 5.74) is 0. The van der Waals surface area contributed by atoms with Crippen molar-refractivity contribution in [2.24, 2.45) is 0 Å². The lowest BCUT2D eigenvalue weighted by Gasteiger charge is -2.24. The number of allylic oxidation sites excluding steroid dienone is 16. The number of unbranched alkanes of at least 4 members (excludes halogenated alkanes) is 18. The number of aliphatic hydroxyl groups excluding tert-OH is 2. The van der Waals surface area contributed by atoms with Crippen LogP contribution in [-0.2, 0) is 14.3 Å². The molecule has 3 unspecified atom stereocenters. The van der Waals surface area contributed by atoms with Gasteiger partial charge in [0.25, 0.3) is 0 Å². The first-order chi connectivity index (χ1) is 31.5. The van der Waals surface area contributed by atoms with E-state index in [1.807, 2.05) is 0 Å². The Labute approximate surface area is 395 Å². The van der Waals surface area contributed by atoms with Gasteiger partial charge >= 0.3 is 5.97 Å². The molecule has 0 aromatic heterocycles. The van der Waals surface area contributed by atoms with Gasteiger partial charge in [0, 0.05) is 6.42 Å². The predicted molar refractivity (Wildman–Crippen MR) is 277 cm³/mol. The lowest BCUT2D eigenvalue weighted by atomic mass is 10.0. The van der Waals surface area contributed by atoms with Crippen molar-refractivity contribution >= 4 is 11.9 Å². The number of hydrogen-bond acceptors (Lipinski definition) is 5. The first kappa shape index (κ1) is 60.8. The van der Waals surface area contributed by atoms with Crippen LogP contribution in [0.15, 0.2) is 97.2 Å². The Morgan fingerprint density at radius 2 is 0.844 bits per heavy atom. The van der Waals surface area contributed by atoms with E-state index >= 15 is 0 Å². The fourth-order valence-electron chi connectivity index (χ4n) is 7.41. The molecule has 0 saturated heterocycles. The van der Waals surface area contributed by atoms with Gasteiger partial charge in [-0.1, -0.05) is 214 Å². The molecule has 0 rings (SSSR count). The van der Waals surface area contributed by atoms with Crippen LogP contribution >= 0.6 is 0 Å². The number of carbonyl (C=O) groups is 2. The van der Waals surface area contributed by atoms with Crippen molar-refractivity contribution in [2.45, 2.75) is 251 Å². The molecular formula is C58H99NO5. The molecule has 3 N–H and O–H groups in total. The van der Waals surface area contributed by atoms with Crippen molar-refractivity contribution in [3.05, 3.63) is 97.2 Å². The lowest BCUT2D eigenvalue weighted by Crippen LogP contribution is -2.46. The summed E-state index contributed by atoms with van der Waals surface area (Å²) in [5, 5.41) is 23.7. The number of ether oxygens (including phenoxy) is 1. The van der Waals surface area contributed by atoms with E-state index in [0.29, 0.717) is 25.7 Å². The first-order valence-electron chi connectivity index (χ1n) is 26.5. The van der Waals surface area contributed by atoms with Gasteiger partial charge in [0.05, 0.1) is 25.2 Å². The molecule has 64 heavy (non-hydrogen) atoms. The third-order valence-corrected chi connectivity index (χ3v) is 11.4. The van der Waals surface area contributed by atoms with Crippen LogP contribution in [0.2, 0.25) is 0 Å². The summed E-state index contributed by atoms with van der Waals surface area (Å²) < 4.78 is 5.90. The Morgan fingerprint density at radius 1 is 0.469 bits per heavy atom. The van der Waals surface area contributed by atoms with Crippen LogP contribution in [0.5, 0.6) is 0 Å². The Hall–Kier alpha value is -3.22. The monoisotopic (exact) mass is 890 g/mol. The van der Waals surface area contributed by atoms with Gasteiger partial charge in [-0.25, -0.2) is 0 Å². The highest BCUT2D eigenvalue weighted by Crippen LogP contribution is 2.17. The molecule has 6 nitrogen and oxygen atoms in total. The van der Waals surface area contributed by atoms with Crippen molar-refractivity contribution in [1.29, 1.82) is 0 Å². The summed E-state index contributed by atoms with van der Waals surface area (Å²) in [4.78, 5) is 26.2. The van der Waals surface area contributed by atoms with E-state index < -0.39 is 18.2 Å². The molecule has 1 amide bonds. The molecule has 0 aromatic carbocycles. The van der Waals surface area contributed by atoms with Crippen molar-refractivity contribution in [2.75, 3.05) is 6.61 Å². The summed E-state index contributed by atoms with van der Waals surface area (Å²) in [6.45, 7) is 6.31. The second kappa shape index (κ2) is 50.8. The van der Waals surface area contributed by atoms with Crippen LogP contribution in [0, 0.1) is 0 Å². The van der Waals surface area contributed by atoms with E-state index in [0.717, 1.165) is 103 Å². The van der Waals surface area contributed by atoms with Gasteiger partial charge in [-0.05, 0) is 103 Å². The van der Waals surface area contributed by atoms with Gasteiger partial charge in [0.2, 0.25) is 5.91 Å². The van der Waals surface area contributed by atoms with Crippen molar-refractivity contribution in [1.82, 2.24) is 5.32 Å². The van der Waals surface area contributed by atoms with Gasteiger partial charge in [-0.3, -0.25) is 9.59 Å². The van der Waals surface area contributed by atoms with E-state index in [9.17, 15) is 19.8 Å². The van der Waals surface area contributed by atoms with Gasteiger partial charge in [-0.2, -0.15) is 0 Å². The van der Waals surface area contributed by atoms with E-state index in [1.165, 1.54) is 77.0 Å².